The quantitative estimate of drug-likeness (QED) is 0.621. The van der Waals surface area contributed by atoms with Crippen molar-refractivity contribution in [1.29, 1.82) is 0 Å². The van der Waals surface area contributed by atoms with Crippen molar-refractivity contribution in [2.24, 2.45) is 5.73 Å². The van der Waals surface area contributed by atoms with Crippen molar-refractivity contribution in [1.82, 2.24) is 19.7 Å². The number of hydrogen-bond donors (Lipinski definition) is 1. The first-order valence-electron chi connectivity index (χ1n) is 10.1. The average molecular weight is 450 g/mol. The van der Waals surface area contributed by atoms with Gasteiger partial charge in [-0.25, -0.2) is 0 Å². The number of para-hydroxylation sites is 1. The third kappa shape index (κ3) is 4.73. The molecule has 0 spiro atoms. The Labute approximate surface area is 184 Å². The normalized spacial score (nSPS) is 19.0. The number of halogens is 1. The molecule has 2 aliphatic rings. The monoisotopic (exact) mass is 449 g/mol. The van der Waals surface area contributed by atoms with Crippen molar-refractivity contribution < 1.29 is 14.3 Å². The molecule has 4 rings (SSSR count). The maximum atomic E-state index is 12.7. The molecule has 1 aliphatic carbocycles. The van der Waals surface area contributed by atoms with Crippen LogP contribution in [0.2, 0.25) is 5.02 Å². The van der Waals surface area contributed by atoms with E-state index in [2.05, 4.69) is 14.8 Å². The van der Waals surface area contributed by atoms with Crippen molar-refractivity contribution in [3.63, 3.8) is 0 Å². The molecule has 1 aromatic carbocycles. The Bertz CT molecular complexity index is 933. The summed E-state index contributed by atoms with van der Waals surface area (Å²) in [5, 5.41) is 9.80. The highest BCUT2D eigenvalue weighted by atomic mass is 35.5. The predicted molar refractivity (Wildman–Crippen MR) is 113 cm³/mol. The fourth-order valence-electron chi connectivity index (χ4n) is 3.64. The number of thioether (sulfide) groups is 1. The molecule has 8 nitrogen and oxygen atoms in total. The molecule has 160 valence electrons. The molecule has 2 fully saturated rings. The third-order valence-electron chi connectivity index (χ3n) is 5.32. The lowest BCUT2D eigenvalue weighted by molar-refractivity contribution is -0.138. The van der Waals surface area contributed by atoms with Crippen LogP contribution in [0.3, 0.4) is 0 Å². The Hall–Kier alpha value is -2.26. The van der Waals surface area contributed by atoms with Crippen molar-refractivity contribution in [3.8, 4) is 5.75 Å². The lowest BCUT2D eigenvalue weighted by atomic mass is 10.0. The number of rotatable bonds is 8. The second kappa shape index (κ2) is 9.26. The molecule has 2 aromatic rings. The van der Waals surface area contributed by atoms with Gasteiger partial charge in [0.2, 0.25) is 11.8 Å². The number of likely N-dealkylation sites (tertiary alicyclic amines) is 1. The Morgan fingerprint density at radius 1 is 1.20 bits per heavy atom. The summed E-state index contributed by atoms with van der Waals surface area (Å²) < 4.78 is 7.88. The largest absolute Gasteiger partial charge is 0.484 e. The minimum absolute atomic E-state index is 0.0947. The van der Waals surface area contributed by atoms with E-state index in [9.17, 15) is 9.59 Å². The van der Waals surface area contributed by atoms with Gasteiger partial charge in [0.1, 0.15) is 18.4 Å². The number of carbonyl (C=O) groups is 2. The van der Waals surface area contributed by atoms with Crippen LogP contribution in [0.15, 0.2) is 29.4 Å². The van der Waals surface area contributed by atoms with E-state index in [1.54, 1.807) is 11.0 Å². The van der Waals surface area contributed by atoms with Crippen LogP contribution in [0.5, 0.6) is 5.75 Å². The molecular formula is C20H24ClN5O3S. The highest BCUT2D eigenvalue weighted by Gasteiger charge is 2.33. The minimum atomic E-state index is -0.507. The summed E-state index contributed by atoms with van der Waals surface area (Å²) in [5.41, 5.74) is 5.48. The van der Waals surface area contributed by atoms with Gasteiger partial charge in [0.25, 0.3) is 0 Å². The van der Waals surface area contributed by atoms with Crippen molar-refractivity contribution in [2.45, 2.75) is 56.0 Å². The molecule has 2 heterocycles. The zero-order chi connectivity index (χ0) is 21.1. The SMILES string of the molecule is NC(=O)[C@@H]1CCCCN1C(=O)CSc1nnc(COc2ccccc2Cl)n1C1CC1. The Morgan fingerprint density at radius 3 is 2.73 bits per heavy atom. The number of ether oxygens (including phenoxy) is 1. The van der Waals surface area contributed by atoms with Gasteiger partial charge in [-0.2, -0.15) is 0 Å². The van der Waals surface area contributed by atoms with Gasteiger partial charge in [-0.1, -0.05) is 35.5 Å². The number of amides is 2. The zero-order valence-electron chi connectivity index (χ0n) is 16.5. The summed E-state index contributed by atoms with van der Waals surface area (Å²) in [7, 11) is 0. The fraction of sp³-hybridized carbons (Fsp3) is 0.500. The first-order chi connectivity index (χ1) is 14.5. The molecule has 1 aromatic heterocycles. The summed E-state index contributed by atoms with van der Waals surface area (Å²) in [6.45, 7) is 0.816. The van der Waals surface area contributed by atoms with E-state index in [0.29, 0.717) is 40.8 Å². The number of nitrogens with zero attached hydrogens (tertiary/aromatic N) is 4. The molecule has 0 radical (unpaired) electrons. The maximum absolute atomic E-state index is 12.7. The van der Waals surface area contributed by atoms with E-state index >= 15 is 0 Å². The van der Waals surface area contributed by atoms with Gasteiger partial charge >= 0.3 is 0 Å². The summed E-state index contributed by atoms with van der Waals surface area (Å²) in [6.07, 6.45) is 4.54. The first-order valence-corrected chi connectivity index (χ1v) is 11.4. The van der Waals surface area contributed by atoms with Crippen molar-refractivity contribution >= 4 is 35.2 Å². The Kier molecular flexibility index (Phi) is 6.48. The molecule has 2 amide bonds. The van der Waals surface area contributed by atoms with E-state index in [1.165, 1.54) is 11.8 Å². The van der Waals surface area contributed by atoms with Gasteiger partial charge in [-0.3, -0.25) is 14.2 Å². The molecule has 2 N–H and O–H groups in total. The van der Waals surface area contributed by atoms with E-state index in [1.807, 2.05) is 18.2 Å². The van der Waals surface area contributed by atoms with Crippen LogP contribution in [0.25, 0.3) is 0 Å². The van der Waals surface area contributed by atoms with Gasteiger partial charge in [-0.15, -0.1) is 10.2 Å². The lowest BCUT2D eigenvalue weighted by Gasteiger charge is -2.33. The summed E-state index contributed by atoms with van der Waals surface area (Å²) in [5.74, 6) is 0.966. The Morgan fingerprint density at radius 2 is 2.00 bits per heavy atom. The second-order valence-corrected chi connectivity index (χ2v) is 8.86. The van der Waals surface area contributed by atoms with Crippen LogP contribution in [0.4, 0.5) is 0 Å². The van der Waals surface area contributed by atoms with Gasteiger partial charge in [-0.05, 0) is 44.2 Å². The number of piperidine rings is 1. The smallest absolute Gasteiger partial charge is 0.240 e. The molecule has 1 aliphatic heterocycles. The highest BCUT2D eigenvalue weighted by molar-refractivity contribution is 7.99. The van der Waals surface area contributed by atoms with Crippen LogP contribution in [0.1, 0.15) is 44.0 Å². The van der Waals surface area contributed by atoms with Crippen LogP contribution in [-0.2, 0) is 16.2 Å². The van der Waals surface area contributed by atoms with E-state index < -0.39 is 11.9 Å². The summed E-state index contributed by atoms with van der Waals surface area (Å²) in [6, 6.07) is 7.11. The lowest BCUT2D eigenvalue weighted by Crippen LogP contribution is -2.51. The number of carbonyl (C=O) groups excluding carboxylic acids is 2. The topological polar surface area (TPSA) is 103 Å². The molecule has 0 bridgehead atoms. The van der Waals surface area contributed by atoms with Crippen LogP contribution in [0, 0.1) is 0 Å². The predicted octanol–water partition coefficient (Wildman–Crippen LogP) is 2.80. The maximum Gasteiger partial charge on any atom is 0.240 e. The number of nitrogens with two attached hydrogens (primary N) is 1. The third-order valence-corrected chi connectivity index (χ3v) is 6.56. The molecule has 0 unspecified atom stereocenters. The molecular weight excluding hydrogens is 426 g/mol. The van der Waals surface area contributed by atoms with Gasteiger partial charge in [0.15, 0.2) is 11.0 Å². The highest BCUT2D eigenvalue weighted by Crippen LogP contribution is 2.39. The van der Waals surface area contributed by atoms with Crippen LogP contribution in [-0.4, -0.2) is 49.8 Å². The number of aromatic nitrogens is 3. The standard InChI is InChI=1S/C20H24ClN5O3S/c21-14-5-1-2-7-16(14)29-11-17-23-24-20(26(17)13-8-9-13)30-12-18(27)25-10-4-3-6-15(25)19(22)28/h1-2,5,7,13,15H,3-4,6,8-12H2,(H2,22,28)/t15-/m0/s1. The fourth-order valence-corrected chi connectivity index (χ4v) is 4.74. The van der Waals surface area contributed by atoms with Gasteiger partial charge in [0, 0.05) is 12.6 Å². The minimum Gasteiger partial charge on any atom is -0.484 e. The van der Waals surface area contributed by atoms with Crippen molar-refractivity contribution in [3.05, 3.63) is 35.1 Å². The number of hydrogen-bond acceptors (Lipinski definition) is 6. The number of primary amides is 1. The molecule has 1 atom stereocenters. The van der Waals surface area contributed by atoms with Crippen LogP contribution >= 0.6 is 23.4 Å². The first kappa shape index (κ1) is 21.0. The van der Waals surface area contributed by atoms with Gasteiger partial charge in [0.05, 0.1) is 10.8 Å². The average Bonchev–Trinajstić information content (AvgIpc) is 3.51. The molecule has 30 heavy (non-hydrogen) atoms. The van der Waals surface area contributed by atoms with Gasteiger partial charge < -0.3 is 15.4 Å². The molecule has 10 heteroatoms. The zero-order valence-corrected chi connectivity index (χ0v) is 18.1. The van der Waals surface area contributed by atoms with Crippen molar-refractivity contribution in [2.75, 3.05) is 12.3 Å². The second-order valence-electron chi connectivity index (χ2n) is 7.51. The van der Waals surface area contributed by atoms with Crippen LogP contribution < -0.4 is 10.5 Å². The Balaban J connectivity index is 1.41. The van der Waals surface area contributed by atoms with E-state index in [0.717, 1.165) is 25.7 Å². The van der Waals surface area contributed by atoms with E-state index in [4.69, 9.17) is 22.1 Å². The number of benzene rings is 1. The molecule has 1 saturated carbocycles. The molecule has 1 saturated heterocycles. The summed E-state index contributed by atoms with van der Waals surface area (Å²) in [4.78, 5) is 26.0. The van der Waals surface area contributed by atoms with E-state index in [-0.39, 0.29) is 18.3 Å². The summed E-state index contributed by atoms with van der Waals surface area (Å²) >= 11 is 7.50.